The van der Waals surface area contributed by atoms with Crippen LogP contribution >= 0.6 is 11.6 Å². The Bertz CT molecular complexity index is 740. The van der Waals surface area contributed by atoms with Gasteiger partial charge in [0.25, 0.3) is 0 Å². The Labute approximate surface area is 129 Å². The molecule has 0 radical (unpaired) electrons. The van der Waals surface area contributed by atoms with Crippen molar-refractivity contribution in [3.8, 4) is 16.9 Å². The van der Waals surface area contributed by atoms with Crippen LogP contribution in [-0.2, 0) is 12.6 Å². The third-order valence-electron chi connectivity index (χ3n) is 3.55. The van der Waals surface area contributed by atoms with Gasteiger partial charge in [-0.15, -0.1) is 0 Å². The molecular weight excluding hydrogens is 320 g/mol. The lowest BCUT2D eigenvalue weighted by atomic mass is 9.97. The molecule has 0 N–H and O–H groups in total. The summed E-state index contributed by atoms with van der Waals surface area (Å²) in [6.07, 6.45) is -4.26. The van der Waals surface area contributed by atoms with Crippen LogP contribution < -0.4 is 4.74 Å². The first-order valence-corrected chi connectivity index (χ1v) is 6.99. The van der Waals surface area contributed by atoms with Gasteiger partial charge in [-0.05, 0) is 42.3 Å². The van der Waals surface area contributed by atoms with Gasteiger partial charge in [0.05, 0.1) is 10.6 Å². The summed E-state index contributed by atoms with van der Waals surface area (Å²) in [6.45, 7) is 1.79. The maximum atomic E-state index is 13.3. The van der Waals surface area contributed by atoms with E-state index in [0.717, 1.165) is 18.2 Å². The maximum absolute atomic E-state index is 13.3. The number of hydrogen-bond donors (Lipinski definition) is 0. The Morgan fingerprint density at radius 3 is 2.55 bits per heavy atom. The smallest absolute Gasteiger partial charge is 0.416 e. The molecule has 0 spiro atoms. The second-order valence-electron chi connectivity index (χ2n) is 5.27. The van der Waals surface area contributed by atoms with Crippen LogP contribution in [0.4, 0.5) is 17.6 Å². The molecule has 1 heterocycles. The fourth-order valence-electron chi connectivity index (χ4n) is 2.57. The standard InChI is InChI=1S/C16H11ClF4O/c1-8-4-10-5-11(16(19,20)21)7-12(15(10)22-8)9-2-3-14(18)13(17)6-9/h2-3,5-8H,4H2,1H3. The molecule has 3 rings (SSSR count). The molecule has 0 saturated carbocycles. The minimum atomic E-state index is -4.46. The molecule has 22 heavy (non-hydrogen) atoms. The van der Waals surface area contributed by atoms with Gasteiger partial charge >= 0.3 is 6.18 Å². The Morgan fingerprint density at radius 1 is 1.18 bits per heavy atom. The second kappa shape index (κ2) is 5.16. The average molecular weight is 331 g/mol. The van der Waals surface area contributed by atoms with Gasteiger partial charge in [-0.3, -0.25) is 0 Å². The first-order valence-electron chi connectivity index (χ1n) is 6.62. The van der Waals surface area contributed by atoms with Gasteiger partial charge < -0.3 is 4.74 Å². The number of fused-ring (bicyclic) bond motifs is 1. The van der Waals surface area contributed by atoms with E-state index in [1.54, 1.807) is 6.92 Å². The second-order valence-corrected chi connectivity index (χ2v) is 5.68. The molecule has 6 heteroatoms. The quantitative estimate of drug-likeness (QED) is 0.628. The predicted octanol–water partition coefficient (Wildman–Crippen LogP) is 5.49. The van der Waals surface area contributed by atoms with Crippen molar-refractivity contribution < 1.29 is 22.3 Å². The van der Waals surface area contributed by atoms with Crippen LogP contribution in [0, 0.1) is 5.82 Å². The van der Waals surface area contributed by atoms with Crippen molar-refractivity contribution in [1.82, 2.24) is 0 Å². The Morgan fingerprint density at radius 2 is 1.91 bits per heavy atom. The number of hydrogen-bond acceptors (Lipinski definition) is 1. The fourth-order valence-corrected chi connectivity index (χ4v) is 2.75. The van der Waals surface area contributed by atoms with E-state index < -0.39 is 17.6 Å². The highest BCUT2D eigenvalue weighted by atomic mass is 35.5. The molecule has 1 unspecified atom stereocenters. The summed E-state index contributed by atoms with van der Waals surface area (Å²) in [5.41, 5.74) is 0.413. The Balaban J connectivity index is 2.21. The fraction of sp³-hybridized carbons (Fsp3) is 0.250. The van der Waals surface area contributed by atoms with Gasteiger partial charge in [-0.1, -0.05) is 17.7 Å². The van der Waals surface area contributed by atoms with Gasteiger partial charge in [0.2, 0.25) is 0 Å². The number of benzene rings is 2. The molecule has 0 amide bonds. The van der Waals surface area contributed by atoms with Crippen LogP contribution in [0.25, 0.3) is 11.1 Å². The molecule has 2 aromatic carbocycles. The van der Waals surface area contributed by atoms with Crippen molar-refractivity contribution >= 4 is 11.6 Å². The number of alkyl halides is 3. The summed E-state index contributed by atoms with van der Waals surface area (Å²) in [5, 5.41) is -0.144. The van der Waals surface area contributed by atoms with E-state index in [4.69, 9.17) is 16.3 Å². The van der Waals surface area contributed by atoms with Gasteiger partial charge in [-0.2, -0.15) is 13.2 Å². The minimum Gasteiger partial charge on any atom is -0.489 e. The highest BCUT2D eigenvalue weighted by molar-refractivity contribution is 6.31. The summed E-state index contributed by atoms with van der Waals surface area (Å²) in [4.78, 5) is 0. The van der Waals surface area contributed by atoms with Gasteiger partial charge in [-0.25, -0.2) is 4.39 Å². The van der Waals surface area contributed by atoms with Crippen molar-refractivity contribution in [2.24, 2.45) is 0 Å². The number of rotatable bonds is 1. The summed E-state index contributed by atoms with van der Waals surface area (Å²) in [6, 6.07) is 5.94. The van der Waals surface area contributed by atoms with E-state index in [0.29, 0.717) is 23.3 Å². The van der Waals surface area contributed by atoms with Crippen LogP contribution in [0.3, 0.4) is 0 Å². The monoisotopic (exact) mass is 330 g/mol. The molecule has 0 fully saturated rings. The molecule has 1 aliphatic heterocycles. The van der Waals surface area contributed by atoms with Gasteiger partial charge in [0.15, 0.2) is 0 Å². The lowest BCUT2D eigenvalue weighted by Crippen LogP contribution is -2.06. The van der Waals surface area contributed by atoms with Crippen molar-refractivity contribution in [2.75, 3.05) is 0 Å². The largest absolute Gasteiger partial charge is 0.489 e. The van der Waals surface area contributed by atoms with E-state index >= 15 is 0 Å². The Hall–Kier alpha value is -1.75. The third kappa shape index (κ3) is 2.65. The lowest BCUT2D eigenvalue weighted by molar-refractivity contribution is -0.137. The van der Waals surface area contributed by atoms with E-state index in [2.05, 4.69) is 0 Å². The molecular formula is C16H11ClF4O. The summed E-state index contributed by atoms with van der Waals surface area (Å²) in [7, 11) is 0. The zero-order chi connectivity index (χ0) is 16.1. The molecule has 116 valence electrons. The molecule has 0 saturated heterocycles. The van der Waals surface area contributed by atoms with Crippen molar-refractivity contribution in [2.45, 2.75) is 25.6 Å². The zero-order valence-corrected chi connectivity index (χ0v) is 12.2. The third-order valence-corrected chi connectivity index (χ3v) is 3.84. The number of ether oxygens (including phenoxy) is 1. The highest BCUT2D eigenvalue weighted by Crippen LogP contribution is 2.43. The normalized spacial score (nSPS) is 17.3. The summed E-state index contributed by atoms with van der Waals surface area (Å²) < 4.78 is 58.1. The molecule has 0 bridgehead atoms. The molecule has 0 aliphatic carbocycles. The van der Waals surface area contributed by atoms with Gasteiger partial charge in [0, 0.05) is 12.0 Å². The first kappa shape index (κ1) is 15.2. The summed E-state index contributed by atoms with van der Waals surface area (Å²) in [5.74, 6) is -0.216. The van der Waals surface area contributed by atoms with Crippen LogP contribution in [0.1, 0.15) is 18.1 Å². The zero-order valence-electron chi connectivity index (χ0n) is 11.5. The average Bonchev–Trinajstić information content (AvgIpc) is 2.80. The van der Waals surface area contributed by atoms with Crippen molar-refractivity contribution in [3.63, 3.8) is 0 Å². The molecule has 0 aromatic heterocycles. The van der Waals surface area contributed by atoms with Crippen molar-refractivity contribution in [3.05, 3.63) is 52.3 Å². The molecule has 1 nitrogen and oxygen atoms in total. The lowest BCUT2D eigenvalue weighted by Gasteiger charge is -2.14. The van der Waals surface area contributed by atoms with Crippen LogP contribution in [0.5, 0.6) is 5.75 Å². The van der Waals surface area contributed by atoms with Crippen molar-refractivity contribution in [1.29, 1.82) is 0 Å². The molecule has 2 aromatic rings. The van der Waals surface area contributed by atoms with Gasteiger partial charge in [0.1, 0.15) is 17.7 Å². The van der Waals surface area contributed by atoms with E-state index in [9.17, 15) is 17.6 Å². The SMILES string of the molecule is CC1Cc2cc(C(F)(F)F)cc(-c3ccc(F)c(Cl)c3)c2O1. The first-order chi connectivity index (χ1) is 10.3. The predicted molar refractivity (Wildman–Crippen MR) is 75.6 cm³/mol. The van der Waals surface area contributed by atoms with Crippen LogP contribution in [0.2, 0.25) is 5.02 Å². The van der Waals surface area contributed by atoms with Crippen LogP contribution in [0.15, 0.2) is 30.3 Å². The topological polar surface area (TPSA) is 9.23 Å². The van der Waals surface area contributed by atoms with E-state index in [-0.39, 0.29) is 16.7 Å². The summed E-state index contributed by atoms with van der Waals surface area (Å²) >= 11 is 5.73. The Kier molecular flexibility index (Phi) is 3.56. The molecule has 1 aliphatic rings. The highest BCUT2D eigenvalue weighted by Gasteiger charge is 2.34. The molecule has 1 atom stereocenters. The van der Waals surface area contributed by atoms with Crippen LogP contribution in [-0.4, -0.2) is 6.10 Å². The maximum Gasteiger partial charge on any atom is 0.416 e. The minimum absolute atomic E-state index is 0.144. The van der Waals surface area contributed by atoms with E-state index in [1.165, 1.54) is 12.1 Å². The van der Waals surface area contributed by atoms with E-state index in [1.807, 2.05) is 0 Å². The number of halogens is 5.